The quantitative estimate of drug-likeness (QED) is 0.662. The fourth-order valence-corrected chi connectivity index (χ4v) is 1.71. The number of pyridine rings is 1. The highest BCUT2D eigenvalue weighted by atomic mass is 35.5. The maximum Gasteiger partial charge on any atom is 0.413 e. The summed E-state index contributed by atoms with van der Waals surface area (Å²) in [5, 5.41) is 9.43. The zero-order valence-electron chi connectivity index (χ0n) is 10.7. The third-order valence-electron chi connectivity index (χ3n) is 2.29. The van der Waals surface area contributed by atoms with Gasteiger partial charge in [0.1, 0.15) is 5.15 Å². The minimum atomic E-state index is -1.18. The Morgan fingerprint density at radius 1 is 1.33 bits per heavy atom. The predicted molar refractivity (Wildman–Crippen MR) is 69.5 cm³/mol. The molecule has 0 aliphatic carbocycles. The molecule has 0 aliphatic heterocycles. The van der Waals surface area contributed by atoms with Gasteiger partial charge in [0, 0.05) is 5.54 Å². The molecule has 0 radical (unpaired) electrons. The van der Waals surface area contributed by atoms with E-state index in [1.54, 1.807) is 20.8 Å². The normalized spacial score (nSPS) is 11.2. The van der Waals surface area contributed by atoms with Crippen molar-refractivity contribution in [2.75, 3.05) is 4.90 Å². The van der Waals surface area contributed by atoms with Gasteiger partial charge in [0.15, 0.2) is 11.6 Å². The number of amides is 1. The van der Waals surface area contributed by atoms with Gasteiger partial charge >= 0.3 is 6.09 Å². The summed E-state index contributed by atoms with van der Waals surface area (Å²) < 4.78 is 0. The Hall–Kier alpha value is -1.62. The molecule has 0 saturated heterocycles. The molecule has 0 saturated carbocycles. The molecule has 0 unspecified atom stereocenters. The van der Waals surface area contributed by atoms with Crippen LogP contribution in [0, 0.1) is 0 Å². The van der Waals surface area contributed by atoms with E-state index in [0.717, 1.165) is 4.90 Å². The van der Waals surface area contributed by atoms with E-state index in [9.17, 15) is 14.7 Å². The second-order valence-electron chi connectivity index (χ2n) is 4.85. The summed E-state index contributed by atoms with van der Waals surface area (Å²) in [7, 11) is 0. The Labute approximate surface area is 110 Å². The molecule has 5 nitrogen and oxygen atoms in total. The Bertz CT molecular complexity index is 495. The van der Waals surface area contributed by atoms with E-state index in [4.69, 9.17) is 11.6 Å². The van der Waals surface area contributed by atoms with Crippen molar-refractivity contribution in [3.63, 3.8) is 0 Å². The van der Waals surface area contributed by atoms with E-state index < -0.39 is 11.6 Å². The molecule has 1 aromatic heterocycles. The molecular formula is C12H15ClN2O3. The number of hydrogen-bond acceptors (Lipinski definition) is 3. The minimum absolute atomic E-state index is 0.0648. The number of hydrogen-bond donors (Lipinski definition) is 1. The minimum Gasteiger partial charge on any atom is -0.465 e. The topological polar surface area (TPSA) is 70.5 Å². The summed E-state index contributed by atoms with van der Waals surface area (Å²) in [6.45, 7) is 6.51. The van der Waals surface area contributed by atoms with Gasteiger partial charge in [-0.1, -0.05) is 11.6 Å². The number of carbonyl (C=O) groups is 2. The van der Waals surface area contributed by atoms with Crippen LogP contribution < -0.4 is 4.90 Å². The fourth-order valence-electron chi connectivity index (χ4n) is 1.57. The number of ketones is 1. The van der Waals surface area contributed by atoms with Crippen LogP contribution in [-0.4, -0.2) is 27.5 Å². The monoisotopic (exact) mass is 270 g/mol. The molecule has 1 aromatic rings. The van der Waals surface area contributed by atoms with Crippen LogP contribution in [0.4, 0.5) is 10.6 Å². The number of rotatable bonds is 2. The van der Waals surface area contributed by atoms with Gasteiger partial charge < -0.3 is 5.11 Å². The van der Waals surface area contributed by atoms with E-state index in [1.807, 2.05) is 0 Å². The second-order valence-corrected chi connectivity index (χ2v) is 5.24. The van der Waals surface area contributed by atoms with Gasteiger partial charge in [0.05, 0.1) is 5.56 Å². The van der Waals surface area contributed by atoms with Gasteiger partial charge in [0.2, 0.25) is 0 Å². The highest BCUT2D eigenvalue weighted by Gasteiger charge is 2.31. The van der Waals surface area contributed by atoms with Gasteiger partial charge in [-0.25, -0.2) is 9.78 Å². The lowest BCUT2D eigenvalue weighted by atomic mass is 10.0. The van der Waals surface area contributed by atoms with Crippen molar-refractivity contribution >= 4 is 29.3 Å². The van der Waals surface area contributed by atoms with Crippen molar-refractivity contribution in [3.05, 3.63) is 22.8 Å². The van der Waals surface area contributed by atoms with Crippen LogP contribution in [0.25, 0.3) is 0 Å². The van der Waals surface area contributed by atoms with Gasteiger partial charge in [-0.05, 0) is 39.8 Å². The first-order valence-electron chi connectivity index (χ1n) is 5.35. The lowest BCUT2D eigenvalue weighted by Gasteiger charge is -2.33. The molecule has 0 aromatic carbocycles. The molecule has 0 bridgehead atoms. The average molecular weight is 271 g/mol. The maximum absolute atomic E-state index is 11.5. The summed E-state index contributed by atoms with van der Waals surface area (Å²) >= 11 is 5.78. The molecule has 1 rings (SSSR count). The van der Waals surface area contributed by atoms with Crippen molar-refractivity contribution in [1.29, 1.82) is 0 Å². The lowest BCUT2D eigenvalue weighted by molar-refractivity contribution is 0.101. The SMILES string of the molecule is CC(=O)c1ccc(Cl)nc1N(C(=O)O)C(C)(C)C. The van der Waals surface area contributed by atoms with E-state index >= 15 is 0 Å². The summed E-state index contributed by atoms with van der Waals surface area (Å²) in [5.74, 6) is -0.195. The molecular weight excluding hydrogens is 256 g/mol. The van der Waals surface area contributed by atoms with E-state index in [2.05, 4.69) is 4.98 Å². The first-order valence-corrected chi connectivity index (χ1v) is 5.73. The van der Waals surface area contributed by atoms with Crippen LogP contribution in [0.5, 0.6) is 0 Å². The summed E-state index contributed by atoms with van der Waals surface area (Å²) in [4.78, 5) is 27.9. The molecule has 0 atom stereocenters. The van der Waals surface area contributed by atoms with Gasteiger partial charge in [0.25, 0.3) is 0 Å². The molecule has 6 heteroatoms. The Kier molecular flexibility index (Phi) is 3.96. The molecule has 18 heavy (non-hydrogen) atoms. The number of anilines is 1. The van der Waals surface area contributed by atoms with Crippen molar-refractivity contribution < 1.29 is 14.7 Å². The van der Waals surface area contributed by atoms with Crippen LogP contribution in [0.3, 0.4) is 0 Å². The van der Waals surface area contributed by atoms with Crippen LogP contribution in [0.2, 0.25) is 5.15 Å². The number of nitrogens with zero attached hydrogens (tertiary/aromatic N) is 2. The number of Topliss-reactive ketones (excluding diaryl/α,β-unsaturated/α-hetero) is 1. The zero-order chi connectivity index (χ0) is 14.1. The molecule has 0 aliphatic rings. The first kappa shape index (κ1) is 14.4. The lowest BCUT2D eigenvalue weighted by Crippen LogP contribution is -2.46. The summed E-state index contributed by atoms with van der Waals surface area (Å²) in [6, 6.07) is 2.94. The highest BCUT2D eigenvalue weighted by molar-refractivity contribution is 6.29. The number of carbonyl (C=O) groups excluding carboxylic acids is 1. The number of halogens is 1. The second kappa shape index (κ2) is 4.94. The maximum atomic E-state index is 11.5. The Morgan fingerprint density at radius 3 is 2.28 bits per heavy atom. The fraction of sp³-hybridized carbons (Fsp3) is 0.417. The summed E-state index contributed by atoms with van der Waals surface area (Å²) in [6.07, 6.45) is -1.18. The number of carboxylic acid groups (broad SMARTS) is 1. The van der Waals surface area contributed by atoms with Crippen molar-refractivity contribution in [1.82, 2.24) is 4.98 Å². The van der Waals surface area contributed by atoms with Crippen molar-refractivity contribution in [2.24, 2.45) is 0 Å². The molecule has 1 amide bonds. The van der Waals surface area contributed by atoms with Crippen LogP contribution in [-0.2, 0) is 0 Å². The van der Waals surface area contributed by atoms with E-state index in [-0.39, 0.29) is 22.3 Å². The third-order valence-corrected chi connectivity index (χ3v) is 2.50. The smallest absolute Gasteiger partial charge is 0.413 e. The Balaban J connectivity index is 3.49. The molecule has 0 fully saturated rings. The van der Waals surface area contributed by atoms with Gasteiger partial charge in [-0.3, -0.25) is 9.69 Å². The van der Waals surface area contributed by atoms with Gasteiger partial charge in [-0.15, -0.1) is 0 Å². The first-order chi connectivity index (χ1) is 8.14. The van der Waals surface area contributed by atoms with E-state index in [0.29, 0.717) is 0 Å². The van der Waals surface area contributed by atoms with Crippen molar-refractivity contribution in [3.8, 4) is 0 Å². The van der Waals surface area contributed by atoms with Gasteiger partial charge in [-0.2, -0.15) is 0 Å². The van der Waals surface area contributed by atoms with Crippen LogP contribution in [0.1, 0.15) is 38.1 Å². The predicted octanol–water partition coefficient (Wildman–Crippen LogP) is 3.22. The number of aromatic nitrogens is 1. The Morgan fingerprint density at radius 2 is 1.89 bits per heavy atom. The van der Waals surface area contributed by atoms with Crippen LogP contribution in [0.15, 0.2) is 12.1 Å². The largest absolute Gasteiger partial charge is 0.465 e. The average Bonchev–Trinajstić information content (AvgIpc) is 2.13. The summed E-state index contributed by atoms with van der Waals surface area (Å²) in [5.41, 5.74) is -0.495. The highest BCUT2D eigenvalue weighted by Crippen LogP contribution is 2.27. The van der Waals surface area contributed by atoms with E-state index in [1.165, 1.54) is 19.1 Å². The third kappa shape index (κ3) is 2.98. The molecule has 98 valence electrons. The molecule has 1 N–H and O–H groups in total. The molecule has 0 spiro atoms. The zero-order valence-corrected chi connectivity index (χ0v) is 11.4. The van der Waals surface area contributed by atoms with Crippen LogP contribution >= 0.6 is 11.6 Å². The standard InChI is InChI=1S/C12H15ClN2O3/c1-7(16)8-5-6-9(13)14-10(8)15(11(17)18)12(2,3)4/h5-6H,1-4H3,(H,17,18). The molecule has 1 heterocycles. The van der Waals surface area contributed by atoms with Crippen molar-refractivity contribution in [2.45, 2.75) is 33.2 Å².